The van der Waals surface area contributed by atoms with Crippen molar-refractivity contribution < 1.29 is 9.47 Å². The minimum absolute atomic E-state index is 0.579. The zero-order valence-corrected chi connectivity index (χ0v) is 13.1. The minimum Gasteiger partial charge on any atom is -0.493 e. The van der Waals surface area contributed by atoms with Crippen molar-refractivity contribution in [3.63, 3.8) is 0 Å². The second kappa shape index (κ2) is 8.70. The standard InChI is InChI=1S/C17H26N2O2/c1-3-18-11-13-19(14-12-18)10-6-7-15-21-17-9-5-4-8-16(17)20-2/h4-9H,3,10-15H2,1-2H3/b7-6+. The van der Waals surface area contributed by atoms with Crippen molar-refractivity contribution in [1.29, 1.82) is 0 Å². The zero-order valence-electron chi connectivity index (χ0n) is 13.1. The Morgan fingerprint density at radius 3 is 2.33 bits per heavy atom. The molecule has 1 aliphatic heterocycles. The molecule has 1 aromatic rings. The number of para-hydroxylation sites is 2. The van der Waals surface area contributed by atoms with Crippen LogP contribution in [0.25, 0.3) is 0 Å². The van der Waals surface area contributed by atoms with E-state index in [1.807, 2.05) is 24.3 Å². The number of benzene rings is 1. The Morgan fingerprint density at radius 1 is 1.00 bits per heavy atom. The second-order valence-electron chi connectivity index (χ2n) is 5.17. The van der Waals surface area contributed by atoms with Crippen LogP contribution in [0.1, 0.15) is 6.92 Å². The summed E-state index contributed by atoms with van der Waals surface area (Å²) in [5.74, 6) is 1.57. The molecule has 0 radical (unpaired) electrons. The molecule has 0 aromatic heterocycles. The van der Waals surface area contributed by atoms with Crippen molar-refractivity contribution in [3.8, 4) is 11.5 Å². The van der Waals surface area contributed by atoms with Gasteiger partial charge in [-0.25, -0.2) is 0 Å². The van der Waals surface area contributed by atoms with Crippen LogP contribution in [0.15, 0.2) is 36.4 Å². The molecule has 21 heavy (non-hydrogen) atoms. The van der Waals surface area contributed by atoms with Gasteiger partial charge in [0.25, 0.3) is 0 Å². The lowest BCUT2D eigenvalue weighted by Gasteiger charge is -2.33. The fourth-order valence-corrected chi connectivity index (χ4v) is 2.46. The summed E-state index contributed by atoms with van der Waals surface area (Å²) in [6, 6.07) is 7.73. The smallest absolute Gasteiger partial charge is 0.161 e. The summed E-state index contributed by atoms with van der Waals surface area (Å²) in [5, 5.41) is 0. The Balaban J connectivity index is 1.67. The van der Waals surface area contributed by atoms with Crippen LogP contribution >= 0.6 is 0 Å². The highest BCUT2D eigenvalue weighted by molar-refractivity contribution is 5.39. The summed E-state index contributed by atoms with van der Waals surface area (Å²) >= 11 is 0. The van der Waals surface area contributed by atoms with Gasteiger partial charge in [0.15, 0.2) is 11.5 Å². The number of rotatable bonds is 7. The van der Waals surface area contributed by atoms with Gasteiger partial charge in [0.1, 0.15) is 6.61 Å². The van der Waals surface area contributed by atoms with Crippen LogP contribution in [0.2, 0.25) is 0 Å². The third-order valence-corrected chi connectivity index (χ3v) is 3.85. The molecule has 0 amide bonds. The summed E-state index contributed by atoms with van der Waals surface area (Å²) in [6.07, 6.45) is 4.27. The highest BCUT2D eigenvalue weighted by atomic mass is 16.5. The molecule has 4 heteroatoms. The SMILES string of the molecule is CCN1CCN(C/C=C/COc2ccccc2OC)CC1. The van der Waals surface area contributed by atoms with Crippen LogP contribution in [0, 0.1) is 0 Å². The van der Waals surface area contributed by atoms with Gasteiger partial charge in [-0.15, -0.1) is 0 Å². The van der Waals surface area contributed by atoms with Crippen LogP contribution in [-0.4, -0.2) is 62.8 Å². The Hall–Kier alpha value is -1.52. The first kappa shape index (κ1) is 15.9. The van der Waals surface area contributed by atoms with E-state index in [2.05, 4.69) is 28.9 Å². The lowest BCUT2D eigenvalue weighted by atomic mass is 10.3. The molecule has 116 valence electrons. The summed E-state index contributed by atoms with van der Waals surface area (Å²) in [6.45, 7) is 9.66. The largest absolute Gasteiger partial charge is 0.493 e. The fraction of sp³-hybridized carbons (Fsp3) is 0.529. The van der Waals surface area contributed by atoms with Gasteiger partial charge in [-0.05, 0) is 18.7 Å². The van der Waals surface area contributed by atoms with Crippen molar-refractivity contribution in [1.82, 2.24) is 9.80 Å². The summed E-state index contributed by atoms with van der Waals surface area (Å²) in [7, 11) is 1.66. The van der Waals surface area contributed by atoms with Crippen LogP contribution in [0.3, 0.4) is 0 Å². The third kappa shape index (κ3) is 5.06. The van der Waals surface area contributed by atoms with Gasteiger partial charge < -0.3 is 14.4 Å². The molecule has 1 fully saturated rings. The normalized spacial score (nSPS) is 17.2. The van der Waals surface area contributed by atoms with E-state index in [0.29, 0.717) is 6.61 Å². The Kier molecular flexibility index (Phi) is 6.57. The monoisotopic (exact) mass is 290 g/mol. The lowest BCUT2D eigenvalue weighted by Crippen LogP contribution is -2.46. The van der Waals surface area contributed by atoms with Gasteiger partial charge in [-0.3, -0.25) is 4.90 Å². The average Bonchev–Trinajstić information content (AvgIpc) is 2.55. The van der Waals surface area contributed by atoms with Gasteiger partial charge in [-0.1, -0.05) is 31.2 Å². The van der Waals surface area contributed by atoms with E-state index in [9.17, 15) is 0 Å². The quantitative estimate of drug-likeness (QED) is 0.719. The first-order chi connectivity index (χ1) is 10.3. The molecule has 1 heterocycles. The maximum Gasteiger partial charge on any atom is 0.161 e. The predicted octanol–water partition coefficient (Wildman–Crippen LogP) is 2.27. The molecule has 1 aromatic carbocycles. The number of likely N-dealkylation sites (N-methyl/N-ethyl adjacent to an activating group) is 1. The Bertz CT molecular complexity index is 440. The van der Waals surface area contributed by atoms with Crippen molar-refractivity contribution in [2.45, 2.75) is 6.92 Å². The predicted molar refractivity (Wildman–Crippen MR) is 86.2 cm³/mol. The highest BCUT2D eigenvalue weighted by Crippen LogP contribution is 2.25. The maximum atomic E-state index is 5.71. The number of methoxy groups -OCH3 is 1. The van der Waals surface area contributed by atoms with Gasteiger partial charge in [0, 0.05) is 32.7 Å². The Labute approximate surface area is 127 Å². The van der Waals surface area contributed by atoms with Gasteiger partial charge in [-0.2, -0.15) is 0 Å². The van der Waals surface area contributed by atoms with E-state index in [1.165, 1.54) is 13.1 Å². The molecule has 0 aliphatic carbocycles. The number of hydrogen-bond donors (Lipinski definition) is 0. The van der Waals surface area contributed by atoms with Gasteiger partial charge >= 0.3 is 0 Å². The van der Waals surface area contributed by atoms with Crippen molar-refractivity contribution in [2.24, 2.45) is 0 Å². The van der Waals surface area contributed by atoms with Crippen molar-refractivity contribution >= 4 is 0 Å². The first-order valence-electron chi connectivity index (χ1n) is 7.69. The first-order valence-corrected chi connectivity index (χ1v) is 7.69. The van der Waals surface area contributed by atoms with E-state index in [-0.39, 0.29) is 0 Å². The van der Waals surface area contributed by atoms with E-state index >= 15 is 0 Å². The molecule has 2 rings (SSSR count). The van der Waals surface area contributed by atoms with E-state index in [0.717, 1.165) is 37.7 Å². The zero-order chi connectivity index (χ0) is 14.9. The highest BCUT2D eigenvalue weighted by Gasteiger charge is 2.13. The molecule has 1 saturated heterocycles. The third-order valence-electron chi connectivity index (χ3n) is 3.85. The van der Waals surface area contributed by atoms with Gasteiger partial charge in [0.2, 0.25) is 0 Å². The van der Waals surface area contributed by atoms with E-state index in [1.54, 1.807) is 7.11 Å². The van der Waals surface area contributed by atoms with Crippen LogP contribution in [-0.2, 0) is 0 Å². The van der Waals surface area contributed by atoms with Crippen molar-refractivity contribution in [2.75, 3.05) is 53.0 Å². The number of hydrogen-bond acceptors (Lipinski definition) is 4. The topological polar surface area (TPSA) is 24.9 Å². The molecular formula is C17H26N2O2. The second-order valence-corrected chi connectivity index (χ2v) is 5.17. The number of piperazine rings is 1. The summed E-state index contributed by atoms with van der Waals surface area (Å²) < 4.78 is 11.0. The lowest BCUT2D eigenvalue weighted by molar-refractivity contribution is 0.148. The van der Waals surface area contributed by atoms with Crippen LogP contribution in [0.5, 0.6) is 11.5 Å². The van der Waals surface area contributed by atoms with E-state index in [4.69, 9.17) is 9.47 Å². The molecule has 0 N–H and O–H groups in total. The molecule has 1 aliphatic rings. The molecule has 0 unspecified atom stereocenters. The van der Waals surface area contributed by atoms with Crippen LogP contribution < -0.4 is 9.47 Å². The molecule has 0 bridgehead atoms. The van der Waals surface area contributed by atoms with Crippen molar-refractivity contribution in [3.05, 3.63) is 36.4 Å². The molecule has 0 saturated carbocycles. The number of nitrogens with zero attached hydrogens (tertiary/aromatic N) is 2. The fourth-order valence-electron chi connectivity index (χ4n) is 2.46. The maximum absolute atomic E-state index is 5.71. The van der Waals surface area contributed by atoms with Crippen LogP contribution in [0.4, 0.5) is 0 Å². The molecule has 0 spiro atoms. The number of ether oxygens (including phenoxy) is 2. The molecule has 4 nitrogen and oxygen atoms in total. The average molecular weight is 290 g/mol. The summed E-state index contributed by atoms with van der Waals surface area (Å²) in [5.41, 5.74) is 0. The molecular weight excluding hydrogens is 264 g/mol. The Morgan fingerprint density at radius 2 is 1.67 bits per heavy atom. The minimum atomic E-state index is 0.579. The van der Waals surface area contributed by atoms with E-state index < -0.39 is 0 Å². The molecule has 0 atom stereocenters. The van der Waals surface area contributed by atoms with Gasteiger partial charge in [0.05, 0.1) is 7.11 Å². The summed E-state index contributed by atoms with van der Waals surface area (Å²) in [4.78, 5) is 4.97.